The molecule has 0 saturated carbocycles. The number of hydrogen-bond acceptors (Lipinski definition) is 2. The lowest BCUT2D eigenvalue weighted by Crippen LogP contribution is -2.12. The monoisotopic (exact) mass is 256 g/mol. The fourth-order valence-electron chi connectivity index (χ4n) is 1.69. The molecule has 1 unspecified atom stereocenters. The minimum absolute atomic E-state index is 0.434. The number of aliphatic carboxylic acids is 1. The number of fused-ring (bicyclic) bond motifs is 1. The molecule has 5 heteroatoms. The number of rotatable bonds is 4. The van der Waals surface area contributed by atoms with Gasteiger partial charge in [0.05, 0.1) is 12.3 Å². The van der Waals surface area contributed by atoms with Gasteiger partial charge in [-0.3, -0.25) is 4.79 Å². The summed E-state index contributed by atoms with van der Waals surface area (Å²) < 4.78 is 26.5. The van der Waals surface area contributed by atoms with Crippen LogP contribution in [0.4, 0.5) is 8.78 Å². The number of carboxylic acids is 1. The molecule has 90 valence electrons. The first-order chi connectivity index (χ1) is 8.08. The molecule has 1 atom stereocenters. The smallest absolute Gasteiger partial charge is 0.304 e. The molecular weight excluding hydrogens is 246 g/mol. The van der Waals surface area contributed by atoms with E-state index in [0.29, 0.717) is 4.88 Å². The molecule has 0 aliphatic rings. The quantitative estimate of drug-likeness (QED) is 0.905. The highest BCUT2D eigenvalue weighted by molar-refractivity contribution is 7.19. The van der Waals surface area contributed by atoms with E-state index >= 15 is 0 Å². The summed E-state index contributed by atoms with van der Waals surface area (Å²) in [6.45, 7) is 0. The second-order valence-electron chi connectivity index (χ2n) is 3.73. The Morgan fingerprint density at radius 2 is 2.06 bits per heavy atom. The molecule has 0 aliphatic heterocycles. The van der Waals surface area contributed by atoms with Crippen molar-refractivity contribution in [3.63, 3.8) is 0 Å². The number of halogens is 2. The van der Waals surface area contributed by atoms with Gasteiger partial charge >= 0.3 is 5.97 Å². The predicted octanol–water partition coefficient (Wildman–Crippen LogP) is 3.72. The molecule has 0 spiro atoms. The first-order valence-corrected chi connectivity index (χ1v) is 5.88. The maximum Gasteiger partial charge on any atom is 0.304 e. The van der Waals surface area contributed by atoms with Crippen LogP contribution in [0.15, 0.2) is 30.3 Å². The zero-order valence-corrected chi connectivity index (χ0v) is 9.58. The van der Waals surface area contributed by atoms with E-state index in [2.05, 4.69) is 0 Å². The van der Waals surface area contributed by atoms with Crippen molar-refractivity contribution in [2.45, 2.75) is 18.8 Å². The van der Waals surface area contributed by atoms with E-state index in [0.717, 1.165) is 10.1 Å². The van der Waals surface area contributed by atoms with E-state index in [4.69, 9.17) is 5.11 Å². The molecule has 2 aromatic rings. The molecule has 0 aliphatic carbocycles. The normalized spacial score (nSPS) is 13.1. The van der Waals surface area contributed by atoms with Crippen LogP contribution in [-0.4, -0.2) is 17.5 Å². The lowest BCUT2D eigenvalue weighted by Gasteiger charge is -2.10. The Morgan fingerprint density at radius 1 is 1.35 bits per heavy atom. The van der Waals surface area contributed by atoms with Gasteiger partial charge in [0.1, 0.15) is 0 Å². The Balaban J connectivity index is 2.38. The van der Waals surface area contributed by atoms with Crippen LogP contribution in [0.5, 0.6) is 0 Å². The minimum atomic E-state index is -2.65. The van der Waals surface area contributed by atoms with Gasteiger partial charge in [-0.05, 0) is 17.5 Å². The van der Waals surface area contributed by atoms with E-state index in [9.17, 15) is 13.6 Å². The molecule has 0 radical (unpaired) electrons. The van der Waals surface area contributed by atoms with Crippen molar-refractivity contribution in [3.05, 3.63) is 35.2 Å². The molecule has 1 aromatic carbocycles. The van der Waals surface area contributed by atoms with E-state index in [1.807, 2.05) is 24.3 Å². The van der Waals surface area contributed by atoms with Crippen molar-refractivity contribution in [3.8, 4) is 0 Å². The molecule has 0 fully saturated rings. The van der Waals surface area contributed by atoms with Crippen molar-refractivity contribution in [2.24, 2.45) is 0 Å². The number of hydrogen-bond donors (Lipinski definition) is 1. The van der Waals surface area contributed by atoms with E-state index in [1.165, 1.54) is 11.3 Å². The molecule has 0 amide bonds. The van der Waals surface area contributed by atoms with Crippen molar-refractivity contribution in [1.29, 1.82) is 0 Å². The molecule has 17 heavy (non-hydrogen) atoms. The maximum absolute atomic E-state index is 12.8. The van der Waals surface area contributed by atoms with Crippen molar-refractivity contribution in [2.75, 3.05) is 0 Å². The highest BCUT2D eigenvalue weighted by Gasteiger charge is 2.26. The van der Waals surface area contributed by atoms with Crippen LogP contribution in [0.1, 0.15) is 17.2 Å². The van der Waals surface area contributed by atoms with Crippen LogP contribution < -0.4 is 0 Å². The second kappa shape index (κ2) is 4.79. The van der Waals surface area contributed by atoms with Crippen LogP contribution in [-0.2, 0) is 4.79 Å². The summed E-state index contributed by atoms with van der Waals surface area (Å²) in [5, 5.41) is 9.52. The van der Waals surface area contributed by atoms with Gasteiger partial charge in [-0.2, -0.15) is 0 Å². The summed E-state index contributed by atoms with van der Waals surface area (Å²) >= 11 is 1.23. The van der Waals surface area contributed by atoms with Crippen LogP contribution in [0.3, 0.4) is 0 Å². The van der Waals surface area contributed by atoms with Gasteiger partial charge in [0, 0.05) is 9.58 Å². The topological polar surface area (TPSA) is 37.3 Å². The molecule has 2 rings (SSSR count). The van der Waals surface area contributed by atoms with E-state index in [-0.39, 0.29) is 0 Å². The van der Waals surface area contributed by atoms with E-state index < -0.39 is 24.7 Å². The molecule has 0 saturated heterocycles. The van der Waals surface area contributed by atoms with Crippen molar-refractivity contribution >= 4 is 27.4 Å². The standard InChI is InChI=1S/C12H10F2O2S/c13-12(14)8(6-11(15)16)10-5-7-3-1-2-4-9(7)17-10/h1-5,8,12H,6H2,(H,15,16). The second-order valence-corrected chi connectivity index (χ2v) is 4.84. The van der Waals surface area contributed by atoms with Gasteiger partial charge in [0.2, 0.25) is 6.43 Å². The fraction of sp³-hybridized carbons (Fsp3) is 0.250. The van der Waals surface area contributed by atoms with Gasteiger partial charge < -0.3 is 5.11 Å². The van der Waals surface area contributed by atoms with Crippen molar-refractivity contribution < 1.29 is 18.7 Å². The van der Waals surface area contributed by atoms with Gasteiger partial charge in [0.25, 0.3) is 0 Å². The Bertz CT molecular complexity index is 503. The summed E-state index contributed by atoms with van der Waals surface area (Å²) in [6.07, 6.45) is -3.19. The molecule has 2 nitrogen and oxygen atoms in total. The number of thiophene rings is 1. The fourth-order valence-corrected chi connectivity index (χ4v) is 2.86. The zero-order chi connectivity index (χ0) is 12.4. The summed E-state index contributed by atoms with van der Waals surface area (Å²) in [6, 6.07) is 8.98. The highest BCUT2D eigenvalue weighted by atomic mass is 32.1. The minimum Gasteiger partial charge on any atom is -0.481 e. The van der Waals surface area contributed by atoms with Crippen molar-refractivity contribution in [1.82, 2.24) is 0 Å². The number of alkyl halides is 2. The number of benzene rings is 1. The lowest BCUT2D eigenvalue weighted by atomic mass is 10.0. The SMILES string of the molecule is O=C(O)CC(c1cc2ccccc2s1)C(F)F. The molecule has 1 heterocycles. The molecule has 0 bridgehead atoms. The van der Waals surface area contributed by atoms with E-state index in [1.54, 1.807) is 6.07 Å². The first kappa shape index (κ1) is 12.0. The van der Waals surface area contributed by atoms with Crippen LogP contribution in [0.25, 0.3) is 10.1 Å². The average Bonchev–Trinajstić information content (AvgIpc) is 2.68. The summed E-state index contributed by atoms with van der Waals surface area (Å²) in [5.41, 5.74) is 0. The third-order valence-corrected chi connectivity index (χ3v) is 3.76. The van der Waals surface area contributed by atoms with Gasteiger partial charge in [0.15, 0.2) is 0 Å². The lowest BCUT2D eigenvalue weighted by molar-refractivity contribution is -0.138. The van der Waals surface area contributed by atoms with Crippen LogP contribution >= 0.6 is 11.3 Å². The maximum atomic E-state index is 12.8. The zero-order valence-electron chi connectivity index (χ0n) is 8.77. The molecular formula is C12H10F2O2S. The van der Waals surface area contributed by atoms with Crippen LogP contribution in [0.2, 0.25) is 0 Å². The first-order valence-electron chi connectivity index (χ1n) is 5.06. The Labute approximate surface area is 101 Å². The third-order valence-electron chi connectivity index (χ3n) is 2.51. The summed E-state index contributed by atoms with van der Waals surface area (Å²) in [4.78, 5) is 11.0. The number of carboxylic acid groups (broad SMARTS) is 1. The Kier molecular flexibility index (Phi) is 3.38. The Morgan fingerprint density at radius 3 is 2.65 bits per heavy atom. The van der Waals surface area contributed by atoms with Gasteiger partial charge in [-0.25, -0.2) is 8.78 Å². The van der Waals surface area contributed by atoms with Gasteiger partial charge in [-0.15, -0.1) is 11.3 Å². The van der Waals surface area contributed by atoms with Crippen LogP contribution in [0, 0.1) is 0 Å². The summed E-state index contributed by atoms with van der Waals surface area (Å²) in [7, 11) is 0. The van der Waals surface area contributed by atoms with Gasteiger partial charge in [-0.1, -0.05) is 18.2 Å². The average molecular weight is 256 g/mol. The number of carbonyl (C=O) groups is 1. The highest BCUT2D eigenvalue weighted by Crippen LogP contribution is 2.35. The third kappa shape index (κ3) is 2.61. The Hall–Kier alpha value is -1.49. The summed E-state index contributed by atoms with van der Waals surface area (Å²) in [5.74, 6) is -2.42. The molecule has 1 N–H and O–H groups in total. The largest absolute Gasteiger partial charge is 0.481 e. The predicted molar refractivity (Wildman–Crippen MR) is 62.8 cm³/mol. The molecule has 1 aromatic heterocycles.